The standard InChI is InChI=1S/C17H23N5O3/c1-11(2)22-7-5-18-16(22)12-4-3-6-21(10-12)15(24)9-13-8-14(23)19-20-17(13)25/h5,7-8,11-12H,3-4,6,9-10H2,1-2H3,(H,19,23)(H,20,25). The quantitative estimate of drug-likeness (QED) is 0.855. The van der Waals surface area contributed by atoms with Gasteiger partial charge in [-0.1, -0.05) is 0 Å². The summed E-state index contributed by atoms with van der Waals surface area (Å²) in [6.45, 7) is 5.47. The van der Waals surface area contributed by atoms with E-state index in [4.69, 9.17) is 0 Å². The van der Waals surface area contributed by atoms with Crippen LogP contribution in [-0.2, 0) is 11.2 Å². The average Bonchev–Trinajstić information content (AvgIpc) is 3.08. The molecule has 134 valence electrons. The van der Waals surface area contributed by atoms with Gasteiger partial charge in [0.15, 0.2) is 0 Å². The second kappa shape index (κ2) is 7.08. The van der Waals surface area contributed by atoms with Gasteiger partial charge < -0.3 is 9.47 Å². The van der Waals surface area contributed by atoms with E-state index < -0.39 is 11.1 Å². The number of amides is 1. The fraction of sp³-hybridized carbons (Fsp3) is 0.529. The van der Waals surface area contributed by atoms with Gasteiger partial charge >= 0.3 is 0 Å². The number of nitrogens with zero attached hydrogens (tertiary/aromatic N) is 3. The summed E-state index contributed by atoms with van der Waals surface area (Å²) in [4.78, 5) is 42.0. The van der Waals surface area contributed by atoms with Crippen LogP contribution < -0.4 is 11.1 Å². The zero-order valence-electron chi connectivity index (χ0n) is 14.5. The van der Waals surface area contributed by atoms with Gasteiger partial charge in [0.2, 0.25) is 5.91 Å². The Morgan fingerprint density at radius 3 is 2.92 bits per heavy atom. The summed E-state index contributed by atoms with van der Waals surface area (Å²) in [6, 6.07) is 1.50. The largest absolute Gasteiger partial charge is 0.342 e. The molecular weight excluding hydrogens is 322 g/mol. The van der Waals surface area contributed by atoms with E-state index in [2.05, 4.69) is 33.6 Å². The maximum absolute atomic E-state index is 12.6. The van der Waals surface area contributed by atoms with Gasteiger partial charge in [-0.15, -0.1) is 0 Å². The molecule has 3 heterocycles. The fourth-order valence-electron chi connectivity index (χ4n) is 3.36. The second-order valence-electron chi connectivity index (χ2n) is 6.76. The number of carbonyl (C=O) groups excluding carboxylic acids is 1. The number of hydrogen-bond donors (Lipinski definition) is 2. The maximum atomic E-state index is 12.6. The van der Waals surface area contributed by atoms with Crippen LogP contribution in [0.25, 0.3) is 0 Å². The third-order valence-corrected chi connectivity index (χ3v) is 4.63. The molecule has 0 radical (unpaired) electrons. The lowest BCUT2D eigenvalue weighted by molar-refractivity contribution is -0.131. The summed E-state index contributed by atoms with van der Waals surface area (Å²) in [7, 11) is 0. The Balaban J connectivity index is 1.73. The number of H-pyrrole nitrogens is 2. The second-order valence-corrected chi connectivity index (χ2v) is 6.76. The number of piperidine rings is 1. The Morgan fingerprint density at radius 2 is 2.16 bits per heavy atom. The van der Waals surface area contributed by atoms with Crippen LogP contribution in [0.5, 0.6) is 0 Å². The predicted molar refractivity (Wildman–Crippen MR) is 92.6 cm³/mol. The Hall–Kier alpha value is -2.64. The summed E-state index contributed by atoms with van der Waals surface area (Å²) < 4.78 is 2.14. The summed E-state index contributed by atoms with van der Waals surface area (Å²) in [5, 5.41) is 4.46. The van der Waals surface area contributed by atoms with E-state index in [1.54, 1.807) is 11.1 Å². The van der Waals surface area contributed by atoms with E-state index in [1.807, 2.05) is 6.20 Å². The zero-order valence-corrected chi connectivity index (χ0v) is 14.5. The van der Waals surface area contributed by atoms with Crippen molar-refractivity contribution in [3.63, 3.8) is 0 Å². The molecule has 8 heteroatoms. The highest BCUT2D eigenvalue weighted by molar-refractivity contribution is 5.78. The number of nitrogens with one attached hydrogen (secondary N) is 2. The number of aromatic nitrogens is 4. The van der Waals surface area contributed by atoms with Gasteiger partial charge in [0, 0.05) is 49.1 Å². The van der Waals surface area contributed by atoms with Crippen LogP contribution in [0.15, 0.2) is 28.0 Å². The molecule has 3 rings (SSSR count). The molecule has 1 fully saturated rings. The lowest BCUT2D eigenvalue weighted by Crippen LogP contribution is -2.41. The van der Waals surface area contributed by atoms with Gasteiger partial charge in [0.05, 0.1) is 6.42 Å². The molecule has 0 saturated carbocycles. The Bertz CT molecular complexity index is 863. The summed E-state index contributed by atoms with van der Waals surface area (Å²) >= 11 is 0. The fourth-order valence-corrected chi connectivity index (χ4v) is 3.36. The van der Waals surface area contributed by atoms with Crippen LogP contribution in [0.4, 0.5) is 0 Å². The van der Waals surface area contributed by atoms with E-state index in [9.17, 15) is 14.4 Å². The van der Waals surface area contributed by atoms with Crippen molar-refractivity contribution in [1.29, 1.82) is 0 Å². The number of imidazole rings is 1. The first-order chi connectivity index (χ1) is 12.0. The van der Waals surface area contributed by atoms with Crippen molar-refractivity contribution in [2.24, 2.45) is 0 Å². The Labute approximate surface area is 144 Å². The molecule has 0 bridgehead atoms. The van der Waals surface area contributed by atoms with Crippen molar-refractivity contribution in [1.82, 2.24) is 24.6 Å². The van der Waals surface area contributed by atoms with Crippen LogP contribution >= 0.6 is 0 Å². The number of carbonyl (C=O) groups is 1. The van der Waals surface area contributed by atoms with Gasteiger partial charge in [0.25, 0.3) is 11.1 Å². The smallest absolute Gasteiger partial charge is 0.266 e. The topological polar surface area (TPSA) is 104 Å². The molecule has 0 spiro atoms. The highest BCUT2D eigenvalue weighted by atomic mass is 16.2. The molecule has 1 aliphatic heterocycles. The van der Waals surface area contributed by atoms with Crippen molar-refractivity contribution in [3.05, 3.63) is 50.6 Å². The monoisotopic (exact) mass is 345 g/mol. The van der Waals surface area contributed by atoms with Crippen molar-refractivity contribution >= 4 is 5.91 Å². The van der Waals surface area contributed by atoms with E-state index >= 15 is 0 Å². The average molecular weight is 345 g/mol. The minimum absolute atomic E-state index is 0.0649. The molecule has 0 aliphatic carbocycles. The normalized spacial score (nSPS) is 17.9. The van der Waals surface area contributed by atoms with Gasteiger partial charge in [-0.25, -0.2) is 4.98 Å². The first-order valence-corrected chi connectivity index (χ1v) is 8.57. The summed E-state index contributed by atoms with van der Waals surface area (Å²) in [5.74, 6) is 1.05. The maximum Gasteiger partial charge on any atom is 0.266 e. The van der Waals surface area contributed by atoms with Gasteiger partial charge in [-0.3, -0.25) is 24.6 Å². The Morgan fingerprint density at radius 1 is 1.36 bits per heavy atom. The molecular formula is C17H23N5O3. The van der Waals surface area contributed by atoms with Crippen LogP contribution in [0, 0.1) is 0 Å². The first kappa shape index (κ1) is 17.2. The van der Waals surface area contributed by atoms with Crippen molar-refractivity contribution in [2.45, 2.75) is 45.1 Å². The third kappa shape index (κ3) is 3.72. The zero-order chi connectivity index (χ0) is 18.0. The Kier molecular flexibility index (Phi) is 4.87. The number of rotatable bonds is 4. The SMILES string of the molecule is CC(C)n1ccnc1C1CCCN(C(=O)Cc2cc(=O)[nH][nH]c2=O)C1. The molecule has 1 atom stereocenters. The van der Waals surface area contributed by atoms with E-state index in [0.29, 0.717) is 19.1 Å². The molecule has 1 amide bonds. The number of likely N-dealkylation sites (tertiary alicyclic amines) is 1. The van der Waals surface area contributed by atoms with Gasteiger partial charge in [0.1, 0.15) is 5.82 Å². The molecule has 0 aromatic carbocycles. The molecule has 2 aromatic rings. The molecule has 2 aromatic heterocycles. The third-order valence-electron chi connectivity index (χ3n) is 4.63. The molecule has 1 saturated heterocycles. The molecule has 2 N–H and O–H groups in total. The first-order valence-electron chi connectivity index (χ1n) is 8.57. The van der Waals surface area contributed by atoms with Crippen molar-refractivity contribution in [3.8, 4) is 0 Å². The van der Waals surface area contributed by atoms with E-state index in [0.717, 1.165) is 18.7 Å². The summed E-state index contributed by atoms with van der Waals surface area (Å²) in [6.07, 6.45) is 5.58. The highest BCUT2D eigenvalue weighted by Crippen LogP contribution is 2.27. The molecule has 8 nitrogen and oxygen atoms in total. The van der Waals surface area contributed by atoms with Crippen molar-refractivity contribution < 1.29 is 4.79 Å². The van der Waals surface area contributed by atoms with Crippen LogP contribution in [0.3, 0.4) is 0 Å². The van der Waals surface area contributed by atoms with Gasteiger partial charge in [-0.05, 0) is 26.7 Å². The lowest BCUT2D eigenvalue weighted by Gasteiger charge is -2.33. The minimum Gasteiger partial charge on any atom is -0.342 e. The lowest BCUT2D eigenvalue weighted by atomic mass is 9.96. The number of hydrogen-bond acceptors (Lipinski definition) is 4. The van der Waals surface area contributed by atoms with E-state index in [-0.39, 0.29) is 23.8 Å². The van der Waals surface area contributed by atoms with Crippen LogP contribution in [0.1, 0.15) is 50.0 Å². The van der Waals surface area contributed by atoms with Crippen LogP contribution in [-0.4, -0.2) is 43.6 Å². The molecule has 25 heavy (non-hydrogen) atoms. The number of aromatic amines is 2. The highest BCUT2D eigenvalue weighted by Gasteiger charge is 2.28. The molecule has 1 aliphatic rings. The summed E-state index contributed by atoms with van der Waals surface area (Å²) in [5.41, 5.74) is -0.658. The van der Waals surface area contributed by atoms with E-state index in [1.165, 1.54) is 6.07 Å². The predicted octanol–water partition coefficient (Wildman–Crippen LogP) is 0.789. The molecule has 1 unspecified atom stereocenters. The minimum atomic E-state index is -0.433. The van der Waals surface area contributed by atoms with Gasteiger partial charge in [-0.2, -0.15) is 0 Å². The van der Waals surface area contributed by atoms with Crippen molar-refractivity contribution in [2.75, 3.05) is 13.1 Å². The van der Waals surface area contributed by atoms with Crippen LogP contribution in [0.2, 0.25) is 0 Å².